The fraction of sp³-hybridized carbons (Fsp3) is 0.429. The van der Waals surface area contributed by atoms with Crippen molar-refractivity contribution in [3.8, 4) is 0 Å². The fourth-order valence-corrected chi connectivity index (χ4v) is 5.47. The Labute approximate surface area is 170 Å². The Hall–Kier alpha value is -2.45. The summed E-state index contributed by atoms with van der Waals surface area (Å²) in [5.41, 5.74) is 1.23. The van der Waals surface area contributed by atoms with Gasteiger partial charge < -0.3 is 5.32 Å². The summed E-state index contributed by atoms with van der Waals surface area (Å²) in [6.07, 6.45) is 4.79. The average molecular weight is 416 g/mol. The average Bonchev–Trinajstić information content (AvgIpc) is 3.58. The van der Waals surface area contributed by atoms with Gasteiger partial charge in [-0.15, -0.1) is 0 Å². The van der Waals surface area contributed by atoms with Gasteiger partial charge in [0.05, 0.1) is 15.9 Å². The van der Waals surface area contributed by atoms with E-state index in [1.54, 1.807) is 0 Å². The highest BCUT2D eigenvalue weighted by Crippen LogP contribution is 2.44. The molecule has 2 fully saturated rings. The van der Waals surface area contributed by atoms with Crippen LogP contribution in [0.15, 0.2) is 53.4 Å². The topological polar surface area (TPSA) is 92.5 Å². The summed E-state index contributed by atoms with van der Waals surface area (Å²) >= 11 is 0. The van der Waals surface area contributed by atoms with Crippen molar-refractivity contribution in [2.24, 2.45) is 5.92 Å². The Kier molecular flexibility index (Phi) is 5.56. The number of nitrogens with zero attached hydrogens (tertiary/aromatic N) is 2. The highest BCUT2D eigenvalue weighted by atomic mass is 32.2. The van der Waals surface area contributed by atoms with Gasteiger partial charge in [-0.2, -0.15) is 4.31 Å². The fourth-order valence-electron chi connectivity index (χ4n) is 3.93. The predicted molar refractivity (Wildman–Crippen MR) is 111 cm³/mol. The lowest BCUT2D eigenvalue weighted by Gasteiger charge is -2.26. The molecule has 2 aromatic rings. The molecule has 0 bridgehead atoms. The lowest BCUT2D eigenvalue weighted by molar-refractivity contribution is -0.384. The maximum absolute atomic E-state index is 12.9. The second-order valence-electron chi connectivity index (χ2n) is 7.77. The number of rotatable bonds is 7. The number of hydrogen-bond acceptors (Lipinski definition) is 5. The Bertz CT molecular complexity index is 984. The molecular weight excluding hydrogens is 390 g/mol. The third-order valence-electron chi connectivity index (χ3n) is 5.68. The van der Waals surface area contributed by atoms with Crippen LogP contribution in [0.5, 0.6) is 0 Å². The van der Waals surface area contributed by atoms with Crippen molar-refractivity contribution in [3.63, 3.8) is 0 Å². The van der Waals surface area contributed by atoms with Crippen molar-refractivity contribution in [2.45, 2.75) is 43.0 Å². The third kappa shape index (κ3) is 4.28. The molecule has 7 nitrogen and oxygen atoms in total. The van der Waals surface area contributed by atoms with E-state index in [1.807, 2.05) is 30.3 Å². The Morgan fingerprint density at radius 3 is 2.34 bits per heavy atom. The van der Waals surface area contributed by atoms with Crippen LogP contribution in [0, 0.1) is 16.0 Å². The molecule has 154 valence electrons. The van der Waals surface area contributed by atoms with Crippen molar-refractivity contribution < 1.29 is 13.3 Å². The van der Waals surface area contributed by atoms with E-state index in [0.29, 0.717) is 24.7 Å². The first kappa shape index (κ1) is 19.8. The van der Waals surface area contributed by atoms with Crippen LogP contribution in [0.4, 0.5) is 11.4 Å². The second-order valence-corrected chi connectivity index (χ2v) is 9.71. The summed E-state index contributed by atoms with van der Waals surface area (Å²) in [4.78, 5) is 11.2. The molecule has 1 aliphatic heterocycles. The van der Waals surface area contributed by atoms with Crippen molar-refractivity contribution in [1.82, 2.24) is 4.31 Å². The Morgan fingerprint density at radius 2 is 1.72 bits per heavy atom. The molecule has 4 rings (SSSR count). The summed E-state index contributed by atoms with van der Waals surface area (Å²) in [6, 6.07) is 14.1. The first-order chi connectivity index (χ1) is 14.0. The zero-order valence-corrected chi connectivity index (χ0v) is 17.0. The maximum atomic E-state index is 12.9. The highest BCUT2D eigenvalue weighted by Gasteiger charge is 2.34. The lowest BCUT2D eigenvalue weighted by Crippen LogP contribution is -2.35. The van der Waals surface area contributed by atoms with Gasteiger partial charge in [-0.25, -0.2) is 8.42 Å². The first-order valence-corrected chi connectivity index (χ1v) is 11.5. The zero-order valence-electron chi connectivity index (χ0n) is 16.2. The van der Waals surface area contributed by atoms with Gasteiger partial charge in [0.1, 0.15) is 5.69 Å². The number of nitro benzene ring substituents is 1. The normalized spacial score (nSPS) is 18.9. The molecule has 1 unspecified atom stereocenters. The van der Waals surface area contributed by atoms with Gasteiger partial charge in [-0.1, -0.05) is 36.8 Å². The molecule has 1 atom stereocenters. The number of nitrogens with one attached hydrogen (secondary N) is 1. The summed E-state index contributed by atoms with van der Waals surface area (Å²) in [5.74, 6) is 0.425. The van der Waals surface area contributed by atoms with Crippen LogP contribution in [-0.2, 0) is 10.0 Å². The number of benzene rings is 2. The number of sulfonamides is 1. The molecule has 1 aliphatic carbocycles. The van der Waals surface area contributed by atoms with Gasteiger partial charge >= 0.3 is 0 Å². The first-order valence-electron chi connectivity index (χ1n) is 10.1. The van der Waals surface area contributed by atoms with Crippen LogP contribution in [-0.4, -0.2) is 30.7 Å². The highest BCUT2D eigenvalue weighted by molar-refractivity contribution is 7.89. The lowest BCUT2D eigenvalue weighted by atomic mass is 10.0. The number of hydrogen-bond donors (Lipinski definition) is 1. The van der Waals surface area contributed by atoms with E-state index in [0.717, 1.165) is 37.7 Å². The molecule has 1 saturated heterocycles. The van der Waals surface area contributed by atoms with Gasteiger partial charge in [-0.3, -0.25) is 10.1 Å². The van der Waals surface area contributed by atoms with Crippen molar-refractivity contribution in [3.05, 3.63) is 64.2 Å². The van der Waals surface area contributed by atoms with E-state index >= 15 is 0 Å². The molecule has 2 aliphatic rings. The molecular formula is C21H25N3O4S. The molecule has 2 aromatic carbocycles. The largest absolute Gasteiger partial charge is 0.372 e. The SMILES string of the molecule is O=[N+]([O-])c1cc(S(=O)(=O)N2CCCCC2)ccc1NC(c1ccccc1)C1CC1. The molecule has 29 heavy (non-hydrogen) atoms. The van der Waals surface area contributed by atoms with Crippen LogP contribution in [0.2, 0.25) is 0 Å². The molecule has 0 amide bonds. The van der Waals surface area contributed by atoms with Crippen molar-refractivity contribution in [1.29, 1.82) is 0 Å². The van der Waals surface area contributed by atoms with Crippen molar-refractivity contribution in [2.75, 3.05) is 18.4 Å². The smallest absolute Gasteiger partial charge is 0.293 e. The monoisotopic (exact) mass is 415 g/mol. The molecule has 1 heterocycles. The van der Waals surface area contributed by atoms with E-state index < -0.39 is 14.9 Å². The molecule has 0 spiro atoms. The molecule has 8 heteroatoms. The van der Waals surface area contributed by atoms with Crippen LogP contribution in [0.1, 0.15) is 43.7 Å². The summed E-state index contributed by atoms with van der Waals surface area (Å²) < 4.78 is 27.3. The number of nitro groups is 1. The van der Waals surface area contributed by atoms with Gasteiger partial charge in [0.25, 0.3) is 5.69 Å². The van der Waals surface area contributed by atoms with Crippen LogP contribution >= 0.6 is 0 Å². The van der Waals surface area contributed by atoms with Crippen molar-refractivity contribution >= 4 is 21.4 Å². The predicted octanol–water partition coefficient (Wildman–Crippen LogP) is 4.33. The summed E-state index contributed by atoms with van der Waals surface area (Å²) in [5, 5.41) is 15.1. The maximum Gasteiger partial charge on any atom is 0.293 e. The Morgan fingerprint density at radius 1 is 1.03 bits per heavy atom. The van der Waals surface area contributed by atoms with Crippen LogP contribution in [0.3, 0.4) is 0 Å². The number of anilines is 1. The van der Waals surface area contributed by atoms with E-state index in [2.05, 4.69) is 5.32 Å². The standard InChI is InChI=1S/C21H25N3O4S/c25-24(26)20-15-18(29(27,28)23-13-5-2-6-14-23)11-12-19(20)22-21(17-9-10-17)16-7-3-1-4-8-16/h1,3-4,7-8,11-12,15,17,21-22H,2,5-6,9-10,13-14H2. The minimum Gasteiger partial charge on any atom is -0.372 e. The van der Waals surface area contributed by atoms with E-state index in [-0.39, 0.29) is 16.6 Å². The molecule has 0 radical (unpaired) electrons. The summed E-state index contributed by atoms with van der Waals surface area (Å²) in [7, 11) is -3.72. The van der Waals surface area contributed by atoms with Crippen LogP contribution in [0.25, 0.3) is 0 Å². The third-order valence-corrected chi connectivity index (χ3v) is 7.58. The minimum absolute atomic E-state index is 0.0145. The zero-order chi connectivity index (χ0) is 20.4. The van der Waals surface area contributed by atoms with E-state index in [1.165, 1.54) is 22.5 Å². The second kappa shape index (κ2) is 8.12. The molecule has 1 N–H and O–H groups in total. The minimum atomic E-state index is -3.72. The van der Waals surface area contributed by atoms with Gasteiger partial charge in [-0.05, 0) is 49.3 Å². The van der Waals surface area contributed by atoms with E-state index in [9.17, 15) is 18.5 Å². The van der Waals surface area contributed by atoms with E-state index in [4.69, 9.17) is 0 Å². The van der Waals surface area contributed by atoms with Crippen LogP contribution < -0.4 is 5.32 Å². The molecule has 0 aromatic heterocycles. The quantitative estimate of drug-likeness (QED) is 0.537. The van der Waals surface area contributed by atoms with Gasteiger partial charge in [0, 0.05) is 19.2 Å². The Balaban J connectivity index is 1.65. The number of piperidine rings is 1. The summed E-state index contributed by atoms with van der Waals surface area (Å²) in [6.45, 7) is 0.932. The van der Waals surface area contributed by atoms with Gasteiger partial charge in [0.15, 0.2) is 0 Å². The molecule has 1 saturated carbocycles. The van der Waals surface area contributed by atoms with Gasteiger partial charge in [0.2, 0.25) is 10.0 Å².